The van der Waals surface area contributed by atoms with E-state index in [1.807, 2.05) is 17.0 Å². The summed E-state index contributed by atoms with van der Waals surface area (Å²) < 4.78 is 5.46. The van der Waals surface area contributed by atoms with Gasteiger partial charge >= 0.3 is 0 Å². The molecule has 3 nitrogen and oxygen atoms in total. The van der Waals surface area contributed by atoms with Crippen LogP contribution in [-0.2, 0) is 4.74 Å². The monoisotopic (exact) mass is 375 g/mol. The van der Waals surface area contributed by atoms with E-state index >= 15 is 0 Å². The fourth-order valence-corrected chi connectivity index (χ4v) is 4.98. The van der Waals surface area contributed by atoms with Crippen LogP contribution in [0.25, 0.3) is 16.3 Å². The zero-order chi connectivity index (χ0) is 18.2. The van der Waals surface area contributed by atoms with Crippen LogP contribution in [0.4, 0.5) is 0 Å². The second-order valence-corrected chi connectivity index (χ2v) is 8.06. The summed E-state index contributed by atoms with van der Waals surface area (Å²) in [6, 6.07) is 16.8. The fourth-order valence-electron chi connectivity index (χ4n) is 4.11. The second kappa shape index (κ2) is 6.95. The van der Waals surface area contributed by atoms with Crippen molar-refractivity contribution >= 4 is 33.6 Å². The van der Waals surface area contributed by atoms with E-state index in [1.54, 1.807) is 11.3 Å². The van der Waals surface area contributed by atoms with Gasteiger partial charge in [-0.25, -0.2) is 0 Å². The molecule has 27 heavy (non-hydrogen) atoms. The number of carbonyl (C=O) groups excluding carboxylic acids is 1. The molecule has 1 fully saturated rings. The molecule has 5 rings (SSSR count). The van der Waals surface area contributed by atoms with Crippen molar-refractivity contribution in [2.75, 3.05) is 19.8 Å². The van der Waals surface area contributed by atoms with Crippen molar-refractivity contribution in [2.45, 2.75) is 18.9 Å². The Morgan fingerprint density at radius 3 is 2.70 bits per heavy atom. The topological polar surface area (TPSA) is 29.5 Å². The van der Waals surface area contributed by atoms with Crippen molar-refractivity contribution in [2.24, 2.45) is 0 Å². The van der Waals surface area contributed by atoms with Crippen LogP contribution in [-0.4, -0.2) is 30.6 Å². The highest BCUT2D eigenvalue weighted by atomic mass is 32.1. The van der Waals surface area contributed by atoms with Crippen molar-refractivity contribution < 1.29 is 9.53 Å². The van der Waals surface area contributed by atoms with Crippen molar-refractivity contribution in [1.82, 2.24) is 4.90 Å². The zero-order valence-electron chi connectivity index (χ0n) is 15.1. The smallest absolute Gasteiger partial charge is 0.255 e. The predicted octanol–water partition coefficient (Wildman–Crippen LogP) is 5.29. The molecule has 2 aromatic carbocycles. The molecule has 2 aliphatic heterocycles. The van der Waals surface area contributed by atoms with Crippen molar-refractivity contribution in [3.05, 3.63) is 76.0 Å². The van der Waals surface area contributed by atoms with Gasteiger partial charge in [-0.15, -0.1) is 11.3 Å². The molecule has 0 radical (unpaired) electrons. The molecular weight excluding hydrogens is 354 g/mol. The number of likely N-dealkylation sites (tertiary alicyclic amines) is 1. The summed E-state index contributed by atoms with van der Waals surface area (Å²) in [4.78, 5) is 16.6. The lowest BCUT2D eigenvalue weighted by Gasteiger charge is -2.40. The number of nitrogens with zero attached hydrogens (tertiary/aromatic N) is 1. The number of hydrogen-bond donors (Lipinski definition) is 0. The van der Waals surface area contributed by atoms with E-state index < -0.39 is 0 Å². The van der Waals surface area contributed by atoms with E-state index in [0.29, 0.717) is 6.61 Å². The average molecular weight is 375 g/mol. The first-order valence-electron chi connectivity index (χ1n) is 9.46. The normalized spacial score (nSPS) is 19.6. The predicted molar refractivity (Wildman–Crippen MR) is 110 cm³/mol. The Morgan fingerprint density at radius 1 is 1.07 bits per heavy atom. The summed E-state index contributed by atoms with van der Waals surface area (Å²) in [6.07, 6.45) is 4.13. The second-order valence-electron chi connectivity index (χ2n) is 7.08. The minimum atomic E-state index is 0.142. The molecule has 1 unspecified atom stereocenters. The number of amides is 1. The highest BCUT2D eigenvalue weighted by Gasteiger charge is 2.35. The lowest BCUT2D eigenvalue weighted by atomic mass is 9.92. The maximum absolute atomic E-state index is 13.3. The molecule has 1 atom stereocenters. The van der Waals surface area contributed by atoms with Crippen LogP contribution in [0.15, 0.2) is 60.0 Å². The zero-order valence-corrected chi connectivity index (χ0v) is 15.9. The van der Waals surface area contributed by atoms with E-state index in [1.165, 1.54) is 16.0 Å². The van der Waals surface area contributed by atoms with Crippen LogP contribution in [0.1, 0.15) is 39.7 Å². The summed E-state index contributed by atoms with van der Waals surface area (Å²) >= 11 is 1.73. The molecule has 0 saturated carbocycles. The first-order valence-corrected chi connectivity index (χ1v) is 10.3. The largest absolute Gasteiger partial charge is 0.377 e. The Labute approximate surface area is 162 Å². The first kappa shape index (κ1) is 16.7. The minimum absolute atomic E-state index is 0.142. The quantitative estimate of drug-likeness (QED) is 0.622. The molecule has 1 aromatic heterocycles. The van der Waals surface area contributed by atoms with Crippen LogP contribution in [0.2, 0.25) is 0 Å². The summed E-state index contributed by atoms with van der Waals surface area (Å²) in [5.74, 6) is 0.142. The van der Waals surface area contributed by atoms with Gasteiger partial charge in [0.25, 0.3) is 5.91 Å². The third-order valence-electron chi connectivity index (χ3n) is 5.61. The lowest BCUT2D eigenvalue weighted by molar-refractivity contribution is 0.0470. The molecule has 0 bridgehead atoms. The van der Waals surface area contributed by atoms with Gasteiger partial charge in [0, 0.05) is 17.0 Å². The molecule has 2 aliphatic rings. The van der Waals surface area contributed by atoms with Crippen molar-refractivity contribution in [1.29, 1.82) is 0 Å². The van der Waals surface area contributed by atoms with E-state index in [9.17, 15) is 4.79 Å². The fraction of sp³-hybridized carbons (Fsp3) is 0.261. The van der Waals surface area contributed by atoms with E-state index in [-0.39, 0.29) is 11.9 Å². The van der Waals surface area contributed by atoms with Crippen molar-refractivity contribution in [3.63, 3.8) is 0 Å². The Morgan fingerprint density at radius 2 is 1.96 bits per heavy atom. The van der Waals surface area contributed by atoms with Gasteiger partial charge in [0.15, 0.2) is 0 Å². The molecule has 3 heterocycles. The van der Waals surface area contributed by atoms with Gasteiger partial charge in [0.2, 0.25) is 0 Å². The average Bonchev–Trinajstić information content (AvgIpc) is 3.20. The number of hydrogen-bond acceptors (Lipinski definition) is 3. The van der Waals surface area contributed by atoms with Crippen LogP contribution < -0.4 is 0 Å². The third kappa shape index (κ3) is 2.89. The van der Waals surface area contributed by atoms with Crippen molar-refractivity contribution in [3.8, 4) is 0 Å². The molecule has 0 aliphatic carbocycles. The number of ether oxygens (including phenoxy) is 1. The summed E-state index contributed by atoms with van der Waals surface area (Å²) in [5, 5.41) is 4.29. The van der Waals surface area contributed by atoms with Crippen LogP contribution in [0.5, 0.6) is 0 Å². The summed E-state index contributed by atoms with van der Waals surface area (Å²) in [6.45, 7) is 2.26. The molecule has 0 spiro atoms. The molecule has 1 amide bonds. The van der Waals surface area contributed by atoms with Crippen LogP contribution in [0.3, 0.4) is 0 Å². The maximum Gasteiger partial charge on any atom is 0.255 e. The molecular formula is C23H21NO2S. The highest BCUT2D eigenvalue weighted by molar-refractivity contribution is 7.10. The van der Waals surface area contributed by atoms with E-state index in [0.717, 1.165) is 42.3 Å². The number of thiophene rings is 1. The van der Waals surface area contributed by atoms with Crippen LogP contribution in [0, 0.1) is 0 Å². The van der Waals surface area contributed by atoms with Gasteiger partial charge in [-0.05, 0) is 52.3 Å². The Balaban J connectivity index is 1.54. The first-order chi connectivity index (χ1) is 13.3. The molecule has 0 N–H and O–H groups in total. The number of fused-ring (bicyclic) bond motifs is 1. The van der Waals surface area contributed by atoms with E-state index in [2.05, 4.69) is 47.9 Å². The van der Waals surface area contributed by atoms with E-state index in [4.69, 9.17) is 4.74 Å². The number of carbonyl (C=O) groups is 1. The molecule has 4 heteroatoms. The highest BCUT2D eigenvalue weighted by Crippen LogP contribution is 2.38. The lowest BCUT2D eigenvalue weighted by Crippen LogP contribution is -2.44. The van der Waals surface area contributed by atoms with Gasteiger partial charge in [-0.3, -0.25) is 4.79 Å². The van der Waals surface area contributed by atoms with Gasteiger partial charge in [-0.2, -0.15) is 0 Å². The number of benzene rings is 2. The summed E-state index contributed by atoms with van der Waals surface area (Å²) in [7, 11) is 0. The van der Waals surface area contributed by atoms with Gasteiger partial charge in [0.05, 0.1) is 19.3 Å². The molecule has 136 valence electrons. The summed E-state index contributed by atoms with van der Waals surface area (Å²) in [5.41, 5.74) is 3.35. The number of rotatable bonds is 3. The molecule has 3 aromatic rings. The Hall–Kier alpha value is -2.43. The minimum Gasteiger partial charge on any atom is -0.377 e. The third-order valence-corrected chi connectivity index (χ3v) is 6.59. The van der Waals surface area contributed by atoms with Gasteiger partial charge < -0.3 is 9.64 Å². The maximum atomic E-state index is 13.3. The SMILES string of the molecule is O=C(c1cccc2c(C3=CCOCC3)cccc12)N1CCC1c1cccs1. The standard InChI is InChI=1S/C23H21NO2S/c25-23(24-12-9-21(24)22-8-3-15-27-22)20-7-2-5-18-17(4-1-6-19(18)20)16-10-13-26-14-11-16/h1-8,10,15,21H,9,11-14H2. The van der Waals surface area contributed by atoms with Gasteiger partial charge in [-0.1, -0.05) is 42.5 Å². The Bertz CT molecular complexity index is 1020. The van der Waals surface area contributed by atoms with Crippen LogP contribution >= 0.6 is 11.3 Å². The Kier molecular flexibility index (Phi) is 4.30. The molecule has 1 saturated heterocycles. The van der Waals surface area contributed by atoms with Gasteiger partial charge in [0.1, 0.15) is 0 Å².